The molecule has 0 aliphatic rings. The molecule has 0 saturated carbocycles. The summed E-state index contributed by atoms with van der Waals surface area (Å²) in [4.78, 5) is 3.87. The van der Waals surface area contributed by atoms with E-state index in [9.17, 15) is 10.2 Å². The number of nitriles is 1. The molecule has 1 heterocycles. The molecule has 0 bridgehead atoms. The molecule has 1 aromatic heterocycles. The van der Waals surface area contributed by atoms with E-state index in [0.29, 0.717) is 0 Å². The van der Waals surface area contributed by atoms with Crippen LogP contribution < -0.4 is 0 Å². The van der Waals surface area contributed by atoms with Crippen molar-refractivity contribution in [2.24, 2.45) is 0 Å². The highest BCUT2D eigenvalue weighted by Crippen LogP contribution is 2.18. The van der Waals surface area contributed by atoms with Gasteiger partial charge in [0.1, 0.15) is 12.2 Å². The van der Waals surface area contributed by atoms with Crippen LogP contribution in [0.4, 0.5) is 0 Å². The molecular weight excluding hydrogens is 248 g/mol. The summed E-state index contributed by atoms with van der Waals surface area (Å²) >= 11 is 3.04. The first-order chi connectivity index (χ1) is 6.70. The summed E-state index contributed by atoms with van der Waals surface area (Å²) < 4.78 is 0. The van der Waals surface area contributed by atoms with Crippen molar-refractivity contribution in [2.75, 3.05) is 5.33 Å². The molecule has 2 unspecified atom stereocenters. The van der Waals surface area contributed by atoms with Gasteiger partial charge < -0.3 is 10.2 Å². The summed E-state index contributed by atoms with van der Waals surface area (Å²) in [6.45, 7) is 0. The smallest absolute Gasteiger partial charge is 0.124 e. The zero-order valence-electron chi connectivity index (χ0n) is 7.26. The lowest BCUT2D eigenvalue weighted by Crippen LogP contribution is -2.21. The lowest BCUT2D eigenvalue weighted by atomic mass is 10.1. The summed E-state index contributed by atoms with van der Waals surface area (Å²) in [6, 6.07) is 5.06. The summed E-state index contributed by atoms with van der Waals surface area (Å²) in [5.74, 6) is 0. The van der Waals surface area contributed by atoms with Crippen molar-refractivity contribution in [1.29, 1.82) is 5.26 Å². The van der Waals surface area contributed by atoms with Crippen molar-refractivity contribution < 1.29 is 10.2 Å². The fraction of sp³-hybridized carbons (Fsp3) is 0.333. The van der Waals surface area contributed by atoms with E-state index in [1.807, 2.05) is 6.07 Å². The highest BCUT2D eigenvalue weighted by Gasteiger charge is 2.21. The molecule has 14 heavy (non-hydrogen) atoms. The predicted octanol–water partition coefficient (Wildman–Crippen LogP) is 0.742. The molecule has 0 aliphatic carbocycles. The topological polar surface area (TPSA) is 77.1 Å². The number of aliphatic hydroxyl groups is 2. The number of nitrogens with zero attached hydrogens (tertiary/aromatic N) is 2. The fourth-order valence-corrected chi connectivity index (χ4v) is 1.37. The van der Waals surface area contributed by atoms with E-state index < -0.39 is 12.2 Å². The standard InChI is InChI=1S/C9H9BrN2O2/c10-4-7(13)9(14)8-6(5-11)2-1-3-12-8/h1-3,7,9,13-14H,4H2. The quantitative estimate of drug-likeness (QED) is 0.783. The lowest BCUT2D eigenvalue weighted by molar-refractivity contribution is 0.0313. The van der Waals surface area contributed by atoms with E-state index in [1.54, 1.807) is 12.1 Å². The fourth-order valence-electron chi connectivity index (χ4n) is 1.01. The predicted molar refractivity (Wildman–Crippen MR) is 53.7 cm³/mol. The molecule has 0 aliphatic heterocycles. The maximum absolute atomic E-state index is 9.61. The van der Waals surface area contributed by atoms with Gasteiger partial charge in [0.05, 0.1) is 17.4 Å². The van der Waals surface area contributed by atoms with Gasteiger partial charge in [-0.15, -0.1) is 0 Å². The number of hydrogen-bond donors (Lipinski definition) is 2. The molecular formula is C9H9BrN2O2. The van der Waals surface area contributed by atoms with Crippen LogP contribution in [0.2, 0.25) is 0 Å². The Labute approximate surface area is 90.0 Å². The number of alkyl halides is 1. The maximum Gasteiger partial charge on any atom is 0.124 e. The Morgan fingerprint density at radius 2 is 2.29 bits per heavy atom. The Morgan fingerprint density at radius 3 is 2.86 bits per heavy atom. The first-order valence-corrected chi connectivity index (χ1v) is 5.10. The van der Waals surface area contributed by atoms with Crippen LogP contribution in [0.25, 0.3) is 0 Å². The molecule has 0 radical (unpaired) electrons. The molecule has 1 aromatic rings. The van der Waals surface area contributed by atoms with Gasteiger partial charge in [0.2, 0.25) is 0 Å². The van der Waals surface area contributed by atoms with E-state index >= 15 is 0 Å². The molecule has 5 heteroatoms. The summed E-state index contributed by atoms with van der Waals surface area (Å²) in [6.07, 6.45) is -0.623. The number of hydrogen-bond acceptors (Lipinski definition) is 4. The van der Waals surface area contributed by atoms with Gasteiger partial charge in [-0.3, -0.25) is 4.98 Å². The minimum atomic E-state index is -1.13. The largest absolute Gasteiger partial charge is 0.389 e. The molecule has 74 valence electrons. The normalized spacial score (nSPS) is 14.4. The Kier molecular flexibility index (Phi) is 4.01. The van der Waals surface area contributed by atoms with Gasteiger partial charge in [-0.2, -0.15) is 5.26 Å². The van der Waals surface area contributed by atoms with Crippen LogP contribution in [0.5, 0.6) is 0 Å². The zero-order valence-corrected chi connectivity index (χ0v) is 8.85. The lowest BCUT2D eigenvalue weighted by Gasteiger charge is -2.15. The molecule has 2 N–H and O–H groups in total. The van der Waals surface area contributed by atoms with Crippen molar-refractivity contribution in [1.82, 2.24) is 4.98 Å². The van der Waals surface area contributed by atoms with E-state index in [0.717, 1.165) is 0 Å². The second-order valence-corrected chi connectivity index (χ2v) is 3.36. The van der Waals surface area contributed by atoms with Gasteiger partial charge in [0, 0.05) is 11.5 Å². The van der Waals surface area contributed by atoms with Crippen LogP contribution in [-0.2, 0) is 0 Å². The molecule has 0 saturated heterocycles. The van der Waals surface area contributed by atoms with E-state index in [4.69, 9.17) is 5.26 Å². The number of halogens is 1. The Hall–Kier alpha value is -0.960. The monoisotopic (exact) mass is 256 g/mol. The SMILES string of the molecule is N#Cc1cccnc1C(O)C(O)CBr. The Balaban J connectivity index is 3.01. The minimum Gasteiger partial charge on any atom is -0.389 e. The number of aliphatic hydroxyl groups excluding tert-OH is 2. The molecule has 0 spiro atoms. The van der Waals surface area contributed by atoms with Gasteiger partial charge in [-0.1, -0.05) is 15.9 Å². The van der Waals surface area contributed by atoms with Crippen LogP contribution in [0.15, 0.2) is 18.3 Å². The van der Waals surface area contributed by atoms with Crippen LogP contribution in [-0.4, -0.2) is 26.6 Å². The maximum atomic E-state index is 9.61. The van der Waals surface area contributed by atoms with Crippen LogP contribution in [0.3, 0.4) is 0 Å². The van der Waals surface area contributed by atoms with E-state index in [2.05, 4.69) is 20.9 Å². The van der Waals surface area contributed by atoms with Crippen molar-refractivity contribution in [2.45, 2.75) is 12.2 Å². The van der Waals surface area contributed by atoms with Crippen molar-refractivity contribution >= 4 is 15.9 Å². The van der Waals surface area contributed by atoms with Gasteiger partial charge in [-0.25, -0.2) is 0 Å². The number of rotatable bonds is 3. The molecule has 0 fully saturated rings. The van der Waals surface area contributed by atoms with Crippen LogP contribution in [0.1, 0.15) is 17.4 Å². The third-order valence-corrected chi connectivity index (χ3v) is 2.43. The minimum absolute atomic E-state index is 0.210. The van der Waals surface area contributed by atoms with Gasteiger partial charge in [0.25, 0.3) is 0 Å². The highest BCUT2D eigenvalue weighted by atomic mass is 79.9. The average molecular weight is 257 g/mol. The summed E-state index contributed by atoms with van der Waals surface area (Å²) in [7, 11) is 0. The number of pyridine rings is 1. The zero-order chi connectivity index (χ0) is 10.6. The van der Waals surface area contributed by atoms with Crippen molar-refractivity contribution in [3.63, 3.8) is 0 Å². The van der Waals surface area contributed by atoms with E-state index in [-0.39, 0.29) is 16.6 Å². The van der Waals surface area contributed by atoms with Crippen LogP contribution >= 0.6 is 15.9 Å². The second kappa shape index (κ2) is 5.05. The molecule has 4 nitrogen and oxygen atoms in total. The highest BCUT2D eigenvalue weighted by molar-refractivity contribution is 9.09. The molecule has 0 amide bonds. The van der Waals surface area contributed by atoms with Gasteiger partial charge in [0.15, 0.2) is 0 Å². The Morgan fingerprint density at radius 1 is 1.57 bits per heavy atom. The van der Waals surface area contributed by atoms with Gasteiger partial charge in [-0.05, 0) is 12.1 Å². The molecule has 0 aromatic carbocycles. The average Bonchev–Trinajstić information content (AvgIpc) is 2.26. The van der Waals surface area contributed by atoms with Gasteiger partial charge >= 0.3 is 0 Å². The first kappa shape index (κ1) is 11.1. The van der Waals surface area contributed by atoms with Crippen LogP contribution in [0, 0.1) is 11.3 Å². The first-order valence-electron chi connectivity index (χ1n) is 3.97. The molecule has 2 atom stereocenters. The van der Waals surface area contributed by atoms with E-state index in [1.165, 1.54) is 6.20 Å². The summed E-state index contributed by atoms with van der Waals surface area (Å²) in [5, 5.41) is 27.9. The van der Waals surface area contributed by atoms with Crippen molar-refractivity contribution in [3.05, 3.63) is 29.6 Å². The summed E-state index contributed by atoms with van der Waals surface area (Å²) in [5.41, 5.74) is 0.488. The third-order valence-electron chi connectivity index (χ3n) is 1.76. The third kappa shape index (κ3) is 2.29. The Bertz CT molecular complexity index is 351. The number of aromatic nitrogens is 1. The van der Waals surface area contributed by atoms with Crippen molar-refractivity contribution in [3.8, 4) is 6.07 Å². The second-order valence-electron chi connectivity index (χ2n) is 2.71. The molecule has 1 rings (SSSR count).